The second-order valence-electron chi connectivity index (χ2n) is 7.33. The van der Waals surface area contributed by atoms with E-state index in [0.717, 1.165) is 43.2 Å². The van der Waals surface area contributed by atoms with Crippen LogP contribution in [0.25, 0.3) is 0 Å². The SMILES string of the molecule is Cc1cccc(N2CCN(C(=O)C3CC(c4ccc(Cl)cc4)NN3)CC2)c1. The molecule has 2 N–H and O–H groups in total. The lowest BCUT2D eigenvalue weighted by Gasteiger charge is -2.37. The Bertz CT molecular complexity index is 802. The number of aryl methyl sites for hydroxylation is 1. The lowest BCUT2D eigenvalue weighted by atomic mass is 10.0. The van der Waals surface area contributed by atoms with E-state index in [1.54, 1.807) is 0 Å². The van der Waals surface area contributed by atoms with Crippen molar-refractivity contribution in [2.75, 3.05) is 31.1 Å². The molecule has 142 valence electrons. The predicted octanol–water partition coefficient (Wildman–Crippen LogP) is 2.90. The van der Waals surface area contributed by atoms with Crippen molar-refractivity contribution in [2.24, 2.45) is 0 Å². The summed E-state index contributed by atoms with van der Waals surface area (Å²) in [4.78, 5) is 17.2. The smallest absolute Gasteiger partial charge is 0.241 e. The molecule has 0 bridgehead atoms. The molecule has 2 aliphatic rings. The van der Waals surface area contributed by atoms with Gasteiger partial charge in [-0.15, -0.1) is 0 Å². The number of hydrogen-bond donors (Lipinski definition) is 2. The third kappa shape index (κ3) is 4.10. The van der Waals surface area contributed by atoms with Gasteiger partial charge < -0.3 is 9.80 Å². The van der Waals surface area contributed by atoms with Gasteiger partial charge in [0, 0.05) is 42.9 Å². The minimum absolute atomic E-state index is 0.129. The minimum Gasteiger partial charge on any atom is -0.368 e. The van der Waals surface area contributed by atoms with E-state index >= 15 is 0 Å². The summed E-state index contributed by atoms with van der Waals surface area (Å²) in [6.07, 6.45) is 0.749. The zero-order chi connectivity index (χ0) is 18.8. The van der Waals surface area contributed by atoms with Crippen molar-refractivity contribution in [3.05, 3.63) is 64.7 Å². The molecule has 0 aliphatic carbocycles. The van der Waals surface area contributed by atoms with Crippen LogP contribution >= 0.6 is 11.6 Å². The van der Waals surface area contributed by atoms with Gasteiger partial charge in [0.2, 0.25) is 5.91 Å². The summed E-state index contributed by atoms with van der Waals surface area (Å²) in [6, 6.07) is 16.3. The normalized spacial score (nSPS) is 22.9. The van der Waals surface area contributed by atoms with E-state index in [1.807, 2.05) is 29.2 Å². The predicted molar refractivity (Wildman–Crippen MR) is 109 cm³/mol. The standard InChI is InChI=1S/C21H25ClN4O/c1-15-3-2-4-18(13-15)25-9-11-26(12-10-25)21(27)20-14-19(23-24-20)16-5-7-17(22)8-6-16/h2-8,13,19-20,23-24H,9-12,14H2,1H3. The molecule has 0 radical (unpaired) electrons. The van der Waals surface area contributed by atoms with Crippen LogP contribution in [0.1, 0.15) is 23.6 Å². The minimum atomic E-state index is -0.184. The molecule has 2 aromatic rings. The zero-order valence-electron chi connectivity index (χ0n) is 15.5. The number of nitrogens with zero attached hydrogens (tertiary/aromatic N) is 2. The summed E-state index contributed by atoms with van der Waals surface area (Å²) in [5.41, 5.74) is 10.1. The second kappa shape index (κ2) is 7.89. The van der Waals surface area contributed by atoms with Crippen LogP contribution < -0.4 is 15.8 Å². The molecule has 2 aromatic carbocycles. The van der Waals surface area contributed by atoms with Gasteiger partial charge in [0.05, 0.1) is 0 Å². The average molecular weight is 385 g/mol. The number of halogens is 1. The van der Waals surface area contributed by atoms with Crippen molar-refractivity contribution in [3.8, 4) is 0 Å². The number of nitrogens with one attached hydrogen (secondary N) is 2. The summed E-state index contributed by atoms with van der Waals surface area (Å²) >= 11 is 5.96. The highest BCUT2D eigenvalue weighted by atomic mass is 35.5. The molecule has 27 heavy (non-hydrogen) atoms. The van der Waals surface area contributed by atoms with Gasteiger partial charge in [-0.25, -0.2) is 10.9 Å². The number of benzene rings is 2. The lowest BCUT2D eigenvalue weighted by molar-refractivity contribution is -0.133. The molecular formula is C21H25ClN4O. The topological polar surface area (TPSA) is 47.6 Å². The summed E-state index contributed by atoms with van der Waals surface area (Å²) in [6.45, 7) is 5.37. The molecule has 2 aliphatic heterocycles. The van der Waals surface area contributed by atoms with Crippen LogP contribution in [0.4, 0.5) is 5.69 Å². The van der Waals surface area contributed by atoms with Crippen LogP contribution in [0.3, 0.4) is 0 Å². The number of anilines is 1. The maximum Gasteiger partial charge on any atom is 0.241 e. The number of carbonyl (C=O) groups is 1. The van der Waals surface area contributed by atoms with E-state index in [0.29, 0.717) is 0 Å². The van der Waals surface area contributed by atoms with Gasteiger partial charge >= 0.3 is 0 Å². The third-order valence-electron chi connectivity index (χ3n) is 5.43. The number of hydrogen-bond acceptors (Lipinski definition) is 4. The first-order chi connectivity index (χ1) is 13.1. The molecule has 5 nitrogen and oxygen atoms in total. The third-order valence-corrected chi connectivity index (χ3v) is 5.68. The molecule has 6 heteroatoms. The Labute approximate surface area is 165 Å². The first-order valence-electron chi connectivity index (χ1n) is 9.47. The molecular weight excluding hydrogens is 360 g/mol. The lowest BCUT2D eigenvalue weighted by Crippen LogP contribution is -2.53. The second-order valence-corrected chi connectivity index (χ2v) is 7.77. The fourth-order valence-electron chi connectivity index (χ4n) is 3.86. The van der Waals surface area contributed by atoms with Crippen molar-refractivity contribution >= 4 is 23.2 Å². The molecule has 2 heterocycles. The maximum atomic E-state index is 12.9. The molecule has 0 saturated carbocycles. The van der Waals surface area contributed by atoms with Crippen LogP contribution in [0.5, 0.6) is 0 Å². The average Bonchev–Trinajstić information content (AvgIpc) is 3.18. The number of rotatable bonds is 3. The highest BCUT2D eigenvalue weighted by molar-refractivity contribution is 6.30. The first kappa shape index (κ1) is 18.3. The van der Waals surface area contributed by atoms with E-state index in [2.05, 4.69) is 46.9 Å². The molecule has 4 rings (SSSR count). The Kier molecular flexibility index (Phi) is 5.34. The van der Waals surface area contributed by atoms with Gasteiger partial charge in [-0.05, 0) is 48.7 Å². The van der Waals surface area contributed by atoms with Crippen molar-refractivity contribution in [2.45, 2.75) is 25.4 Å². The molecule has 2 saturated heterocycles. The van der Waals surface area contributed by atoms with E-state index in [1.165, 1.54) is 11.3 Å². The van der Waals surface area contributed by atoms with E-state index < -0.39 is 0 Å². The van der Waals surface area contributed by atoms with Crippen molar-refractivity contribution < 1.29 is 4.79 Å². The Morgan fingerprint density at radius 1 is 1.04 bits per heavy atom. The quantitative estimate of drug-likeness (QED) is 0.854. The number of piperazine rings is 1. The van der Waals surface area contributed by atoms with E-state index in [-0.39, 0.29) is 18.0 Å². The summed E-state index contributed by atoms with van der Waals surface area (Å²) in [7, 11) is 0. The first-order valence-corrected chi connectivity index (χ1v) is 9.85. The van der Waals surface area contributed by atoms with Crippen molar-refractivity contribution in [1.29, 1.82) is 0 Å². The number of carbonyl (C=O) groups excluding carboxylic acids is 1. The molecule has 1 amide bonds. The van der Waals surface area contributed by atoms with Gasteiger partial charge in [0.1, 0.15) is 6.04 Å². The molecule has 0 aromatic heterocycles. The van der Waals surface area contributed by atoms with Crippen LogP contribution in [0.2, 0.25) is 5.02 Å². The summed E-state index contributed by atoms with van der Waals surface area (Å²) < 4.78 is 0. The molecule has 2 fully saturated rings. The number of amides is 1. The fraction of sp³-hybridized carbons (Fsp3) is 0.381. The monoisotopic (exact) mass is 384 g/mol. The van der Waals surface area contributed by atoms with E-state index in [9.17, 15) is 4.79 Å². The Morgan fingerprint density at radius 3 is 2.48 bits per heavy atom. The molecule has 0 spiro atoms. The van der Waals surface area contributed by atoms with Crippen LogP contribution in [0.15, 0.2) is 48.5 Å². The highest BCUT2D eigenvalue weighted by Crippen LogP contribution is 2.25. The highest BCUT2D eigenvalue weighted by Gasteiger charge is 2.34. The maximum absolute atomic E-state index is 12.9. The van der Waals surface area contributed by atoms with Gasteiger partial charge in [-0.1, -0.05) is 35.9 Å². The summed E-state index contributed by atoms with van der Waals surface area (Å²) in [5, 5.41) is 0.726. The van der Waals surface area contributed by atoms with Gasteiger partial charge in [0.15, 0.2) is 0 Å². The largest absolute Gasteiger partial charge is 0.368 e. The van der Waals surface area contributed by atoms with Crippen molar-refractivity contribution in [3.63, 3.8) is 0 Å². The van der Waals surface area contributed by atoms with Crippen molar-refractivity contribution in [1.82, 2.24) is 15.8 Å². The van der Waals surface area contributed by atoms with Gasteiger partial charge in [-0.3, -0.25) is 4.79 Å². The number of hydrazine groups is 1. The molecule has 2 atom stereocenters. The van der Waals surface area contributed by atoms with E-state index in [4.69, 9.17) is 11.6 Å². The Morgan fingerprint density at radius 2 is 1.78 bits per heavy atom. The zero-order valence-corrected chi connectivity index (χ0v) is 16.2. The Hall–Kier alpha value is -2.08. The van der Waals surface area contributed by atoms with Gasteiger partial charge in [0.25, 0.3) is 0 Å². The van der Waals surface area contributed by atoms with Crippen LogP contribution in [-0.4, -0.2) is 43.0 Å². The van der Waals surface area contributed by atoms with Gasteiger partial charge in [-0.2, -0.15) is 0 Å². The summed E-state index contributed by atoms with van der Waals surface area (Å²) in [5.74, 6) is 0.183. The Balaban J connectivity index is 1.32. The molecule has 2 unspecified atom stereocenters. The van der Waals surface area contributed by atoms with Crippen LogP contribution in [-0.2, 0) is 4.79 Å². The van der Waals surface area contributed by atoms with Crippen LogP contribution in [0, 0.1) is 6.92 Å². The fourth-order valence-corrected chi connectivity index (χ4v) is 3.99.